The van der Waals surface area contributed by atoms with Gasteiger partial charge in [0.05, 0.1) is 13.7 Å². The molecule has 122 valence electrons. The summed E-state index contributed by atoms with van der Waals surface area (Å²) in [6.45, 7) is 4.49. The zero-order chi connectivity index (χ0) is 15.9. The van der Waals surface area contributed by atoms with Crippen LogP contribution < -0.4 is 10.1 Å². The molecule has 0 bridgehead atoms. The van der Waals surface area contributed by atoms with Crippen LogP contribution in [0.5, 0.6) is 5.75 Å². The van der Waals surface area contributed by atoms with E-state index in [-0.39, 0.29) is 5.91 Å². The quantitative estimate of drug-likeness (QED) is 0.877. The average molecular weight is 305 g/mol. The fourth-order valence-corrected chi connectivity index (χ4v) is 2.78. The average Bonchev–Trinajstić information content (AvgIpc) is 2.54. The Labute approximate surface area is 133 Å². The van der Waals surface area contributed by atoms with Gasteiger partial charge >= 0.3 is 0 Å². The Kier molecular flexibility index (Phi) is 6.25. The third kappa shape index (κ3) is 5.02. The van der Waals surface area contributed by atoms with Gasteiger partial charge in [-0.25, -0.2) is 0 Å². The molecule has 0 aromatic heterocycles. The number of ether oxygens (including phenoxy) is 2. The molecule has 4 heteroatoms. The first-order valence-corrected chi connectivity index (χ1v) is 8.13. The van der Waals surface area contributed by atoms with Crippen molar-refractivity contribution < 1.29 is 14.3 Å². The molecule has 1 aliphatic carbocycles. The molecule has 0 aliphatic heterocycles. The summed E-state index contributed by atoms with van der Waals surface area (Å²) in [4.78, 5) is 12.2. The van der Waals surface area contributed by atoms with Crippen LogP contribution in [0, 0.1) is 5.92 Å². The van der Waals surface area contributed by atoms with Gasteiger partial charge in [-0.15, -0.1) is 0 Å². The van der Waals surface area contributed by atoms with E-state index in [0.29, 0.717) is 12.6 Å². The molecule has 0 radical (unpaired) electrons. The maximum atomic E-state index is 12.2. The standard InChI is InChI=1S/C18H27NO3/c1-13-7-9-16(10-8-13)19-18(20)14(2)22-12-15-5-4-6-17(11-15)21-3/h4-6,11,13-14,16H,7-10,12H2,1-3H3,(H,19,20). The van der Waals surface area contributed by atoms with Crippen LogP contribution in [0.15, 0.2) is 24.3 Å². The minimum atomic E-state index is -0.439. The highest BCUT2D eigenvalue weighted by molar-refractivity contribution is 5.80. The first-order chi connectivity index (χ1) is 10.6. The Morgan fingerprint density at radius 1 is 1.32 bits per heavy atom. The largest absolute Gasteiger partial charge is 0.497 e. The molecule has 0 spiro atoms. The van der Waals surface area contributed by atoms with Gasteiger partial charge in [0, 0.05) is 6.04 Å². The first-order valence-electron chi connectivity index (χ1n) is 8.13. The molecule has 1 aliphatic rings. The van der Waals surface area contributed by atoms with E-state index in [4.69, 9.17) is 9.47 Å². The van der Waals surface area contributed by atoms with Crippen LogP contribution in [0.4, 0.5) is 0 Å². The summed E-state index contributed by atoms with van der Waals surface area (Å²) >= 11 is 0. The van der Waals surface area contributed by atoms with Crippen molar-refractivity contribution in [1.29, 1.82) is 0 Å². The fourth-order valence-electron chi connectivity index (χ4n) is 2.78. The van der Waals surface area contributed by atoms with E-state index >= 15 is 0 Å². The van der Waals surface area contributed by atoms with E-state index < -0.39 is 6.10 Å². The Morgan fingerprint density at radius 2 is 2.05 bits per heavy atom. The van der Waals surface area contributed by atoms with Gasteiger partial charge in [0.15, 0.2) is 0 Å². The Bertz CT molecular complexity index is 481. The minimum Gasteiger partial charge on any atom is -0.497 e. The van der Waals surface area contributed by atoms with Gasteiger partial charge in [0.25, 0.3) is 0 Å². The predicted octanol–water partition coefficient (Wildman–Crippen LogP) is 3.30. The molecule has 1 aromatic carbocycles. The third-order valence-electron chi connectivity index (χ3n) is 4.37. The second-order valence-electron chi connectivity index (χ2n) is 6.27. The minimum absolute atomic E-state index is 0.0116. The number of hydrogen-bond donors (Lipinski definition) is 1. The molecule has 1 N–H and O–H groups in total. The highest BCUT2D eigenvalue weighted by Gasteiger charge is 2.22. The number of hydrogen-bond acceptors (Lipinski definition) is 3. The molecule has 4 nitrogen and oxygen atoms in total. The van der Waals surface area contributed by atoms with Gasteiger partial charge < -0.3 is 14.8 Å². The molecular weight excluding hydrogens is 278 g/mol. The highest BCUT2D eigenvalue weighted by atomic mass is 16.5. The molecular formula is C18H27NO3. The van der Waals surface area contributed by atoms with Crippen molar-refractivity contribution in [2.45, 2.75) is 58.3 Å². The van der Waals surface area contributed by atoms with Crippen LogP contribution in [-0.4, -0.2) is 25.2 Å². The summed E-state index contributed by atoms with van der Waals surface area (Å²) in [5.41, 5.74) is 1.01. The smallest absolute Gasteiger partial charge is 0.249 e. The predicted molar refractivity (Wildman–Crippen MR) is 86.8 cm³/mol. The van der Waals surface area contributed by atoms with Crippen LogP contribution in [0.1, 0.15) is 45.1 Å². The van der Waals surface area contributed by atoms with Crippen molar-refractivity contribution in [3.8, 4) is 5.75 Å². The summed E-state index contributed by atoms with van der Waals surface area (Å²) in [5.74, 6) is 1.58. The Morgan fingerprint density at radius 3 is 2.73 bits per heavy atom. The van der Waals surface area contributed by atoms with Gasteiger partial charge in [-0.2, -0.15) is 0 Å². The van der Waals surface area contributed by atoms with Crippen LogP contribution in [0.2, 0.25) is 0 Å². The molecule has 1 fully saturated rings. The van der Waals surface area contributed by atoms with E-state index in [0.717, 1.165) is 30.1 Å². The number of methoxy groups -OCH3 is 1. The number of amides is 1. The van der Waals surface area contributed by atoms with Crippen molar-refractivity contribution in [2.75, 3.05) is 7.11 Å². The van der Waals surface area contributed by atoms with Crippen molar-refractivity contribution in [3.05, 3.63) is 29.8 Å². The zero-order valence-electron chi connectivity index (χ0n) is 13.8. The number of carbonyl (C=O) groups excluding carboxylic acids is 1. The van der Waals surface area contributed by atoms with E-state index in [2.05, 4.69) is 12.2 Å². The summed E-state index contributed by atoms with van der Waals surface area (Å²) in [6.07, 6.45) is 4.12. The van der Waals surface area contributed by atoms with Gasteiger partial charge in [0.2, 0.25) is 5.91 Å². The fraction of sp³-hybridized carbons (Fsp3) is 0.611. The van der Waals surface area contributed by atoms with Gasteiger partial charge in [0.1, 0.15) is 11.9 Å². The number of benzene rings is 1. The van der Waals surface area contributed by atoms with Crippen molar-refractivity contribution in [3.63, 3.8) is 0 Å². The maximum absolute atomic E-state index is 12.2. The van der Waals surface area contributed by atoms with Crippen molar-refractivity contribution in [2.24, 2.45) is 5.92 Å². The zero-order valence-corrected chi connectivity index (χ0v) is 13.8. The molecule has 0 saturated heterocycles. The molecule has 1 saturated carbocycles. The van der Waals surface area contributed by atoms with E-state index in [1.807, 2.05) is 24.3 Å². The first kappa shape index (κ1) is 16.8. The molecule has 1 aromatic rings. The lowest BCUT2D eigenvalue weighted by Gasteiger charge is -2.28. The summed E-state index contributed by atoms with van der Waals surface area (Å²) < 4.78 is 10.9. The lowest BCUT2D eigenvalue weighted by atomic mass is 9.87. The van der Waals surface area contributed by atoms with Crippen molar-refractivity contribution in [1.82, 2.24) is 5.32 Å². The maximum Gasteiger partial charge on any atom is 0.249 e. The molecule has 0 heterocycles. The van der Waals surface area contributed by atoms with Crippen molar-refractivity contribution >= 4 is 5.91 Å². The summed E-state index contributed by atoms with van der Waals surface area (Å²) in [7, 11) is 1.64. The lowest BCUT2D eigenvalue weighted by molar-refractivity contribution is -0.133. The Balaban J connectivity index is 1.76. The number of rotatable bonds is 6. The SMILES string of the molecule is COc1cccc(COC(C)C(=O)NC2CCC(C)CC2)c1. The monoisotopic (exact) mass is 305 g/mol. The normalized spacial score (nSPS) is 22.9. The van der Waals surface area contributed by atoms with E-state index in [9.17, 15) is 4.79 Å². The number of carbonyl (C=O) groups is 1. The second-order valence-corrected chi connectivity index (χ2v) is 6.27. The second kappa shape index (κ2) is 8.18. The lowest BCUT2D eigenvalue weighted by Crippen LogP contribution is -2.42. The molecule has 22 heavy (non-hydrogen) atoms. The highest BCUT2D eigenvalue weighted by Crippen LogP contribution is 2.23. The van der Waals surface area contributed by atoms with Gasteiger partial charge in [-0.1, -0.05) is 19.1 Å². The van der Waals surface area contributed by atoms with E-state index in [1.54, 1.807) is 14.0 Å². The molecule has 2 rings (SSSR count). The summed E-state index contributed by atoms with van der Waals surface area (Å²) in [6, 6.07) is 8.02. The molecule has 1 amide bonds. The van der Waals surface area contributed by atoms with Gasteiger partial charge in [-0.3, -0.25) is 4.79 Å². The topological polar surface area (TPSA) is 47.6 Å². The Hall–Kier alpha value is -1.55. The van der Waals surface area contributed by atoms with E-state index in [1.165, 1.54) is 12.8 Å². The number of nitrogens with one attached hydrogen (secondary N) is 1. The van der Waals surface area contributed by atoms with Crippen LogP contribution in [-0.2, 0) is 16.1 Å². The summed E-state index contributed by atoms with van der Waals surface area (Å²) in [5, 5.41) is 3.11. The van der Waals surface area contributed by atoms with Gasteiger partial charge in [-0.05, 0) is 56.2 Å². The molecule has 1 atom stereocenters. The van der Waals surface area contributed by atoms with Crippen LogP contribution >= 0.6 is 0 Å². The van der Waals surface area contributed by atoms with Crippen LogP contribution in [0.3, 0.4) is 0 Å². The third-order valence-corrected chi connectivity index (χ3v) is 4.37. The van der Waals surface area contributed by atoms with Crippen LogP contribution in [0.25, 0.3) is 0 Å². The molecule has 1 unspecified atom stereocenters.